The molecule has 0 spiro atoms. The van der Waals surface area contributed by atoms with Gasteiger partial charge in [0.1, 0.15) is 11.8 Å². The minimum absolute atomic E-state index is 0.0779. The molecule has 3 aromatic rings. The Hall–Kier alpha value is -3.61. The van der Waals surface area contributed by atoms with E-state index in [0.29, 0.717) is 24.5 Å². The normalized spacial score (nSPS) is 11.8. The summed E-state index contributed by atoms with van der Waals surface area (Å²) in [5, 5.41) is 10.5. The molecule has 0 unspecified atom stereocenters. The Labute approximate surface area is 195 Å². The van der Waals surface area contributed by atoms with Crippen molar-refractivity contribution < 1.29 is 14.3 Å². The maximum atomic E-state index is 13.0. The molecule has 1 heterocycles. The molecule has 0 radical (unpaired) electrons. The van der Waals surface area contributed by atoms with Crippen LogP contribution in [0.15, 0.2) is 54.6 Å². The van der Waals surface area contributed by atoms with Gasteiger partial charge in [-0.1, -0.05) is 32.0 Å². The van der Waals surface area contributed by atoms with Crippen LogP contribution in [0.4, 0.5) is 0 Å². The van der Waals surface area contributed by atoms with Crippen molar-refractivity contribution in [3.05, 3.63) is 77.1 Å². The Morgan fingerprint density at radius 3 is 2.30 bits per heavy atom. The summed E-state index contributed by atoms with van der Waals surface area (Å²) in [5.74, 6) is 0.103. The molecule has 0 saturated carbocycles. The van der Waals surface area contributed by atoms with Gasteiger partial charge in [-0.2, -0.15) is 5.10 Å². The molecule has 0 saturated heterocycles. The summed E-state index contributed by atoms with van der Waals surface area (Å²) in [6, 6.07) is 16.1. The number of hydrogen-bond donors (Lipinski definition) is 2. The minimum Gasteiger partial charge on any atom is -0.494 e. The standard InChI is InChI=1S/C26H32N4O3/c1-6-33-22-14-12-20(13-15-22)25(31)28-24(17(2)3)26(32)27-16-23-18(4)29-30(19(23)5)21-10-8-7-9-11-21/h7-15,17,24H,6,16H2,1-5H3,(H,27,32)(H,28,31)/t24-/m0/s1. The van der Waals surface area contributed by atoms with Crippen LogP contribution in [0.2, 0.25) is 0 Å². The first-order valence-electron chi connectivity index (χ1n) is 11.2. The number of benzene rings is 2. The van der Waals surface area contributed by atoms with E-state index in [1.54, 1.807) is 24.3 Å². The van der Waals surface area contributed by atoms with Crippen molar-refractivity contribution in [2.45, 2.75) is 47.2 Å². The van der Waals surface area contributed by atoms with E-state index in [2.05, 4.69) is 15.7 Å². The molecule has 2 N–H and O–H groups in total. The fraction of sp³-hybridized carbons (Fsp3) is 0.346. The number of nitrogens with zero attached hydrogens (tertiary/aromatic N) is 2. The van der Waals surface area contributed by atoms with Gasteiger partial charge in [0.05, 0.1) is 18.0 Å². The molecule has 2 aromatic carbocycles. The largest absolute Gasteiger partial charge is 0.494 e. The number of ether oxygens (including phenoxy) is 1. The Morgan fingerprint density at radius 1 is 1.03 bits per heavy atom. The molecule has 7 heteroatoms. The Morgan fingerprint density at radius 2 is 1.70 bits per heavy atom. The highest BCUT2D eigenvalue weighted by atomic mass is 16.5. The van der Waals surface area contributed by atoms with Crippen molar-refractivity contribution in [1.82, 2.24) is 20.4 Å². The maximum Gasteiger partial charge on any atom is 0.251 e. The number of carbonyl (C=O) groups is 2. The molecule has 7 nitrogen and oxygen atoms in total. The van der Waals surface area contributed by atoms with Gasteiger partial charge in [0.25, 0.3) is 5.91 Å². The number of aryl methyl sites for hydroxylation is 1. The lowest BCUT2D eigenvalue weighted by Crippen LogP contribution is -2.49. The SMILES string of the molecule is CCOc1ccc(C(=O)N[C@H](C(=O)NCc2c(C)nn(-c3ccccc3)c2C)C(C)C)cc1. The number of rotatable bonds is 9. The average Bonchev–Trinajstić information content (AvgIpc) is 3.10. The number of carbonyl (C=O) groups excluding carboxylic acids is 2. The van der Waals surface area contributed by atoms with Gasteiger partial charge in [-0.25, -0.2) is 4.68 Å². The molecule has 0 fully saturated rings. The van der Waals surface area contributed by atoms with Crippen molar-refractivity contribution >= 4 is 11.8 Å². The molecular formula is C26H32N4O3. The fourth-order valence-corrected chi connectivity index (χ4v) is 3.67. The number of amides is 2. The molecule has 0 aliphatic rings. The number of nitrogens with one attached hydrogen (secondary N) is 2. The highest BCUT2D eigenvalue weighted by molar-refractivity contribution is 5.97. The monoisotopic (exact) mass is 448 g/mol. The van der Waals surface area contributed by atoms with Crippen molar-refractivity contribution in [2.24, 2.45) is 5.92 Å². The van der Waals surface area contributed by atoms with E-state index < -0.39 is 6.04 Å². The van der Waals surface area contributed by atoms with Gasteiger partial charge in [-0.05, 0) is 63.1 Å². The lowest BCUT2D eigenvalue weighted by molar-refractivity contribution is -0.124. The molecule has 1 atom stereocenters. The zero-order valence-electron chi connectivity index (χ0n) is 19.9. The summed E-state index contributed by atoms with van der Waals surface area (Å²) >= 11 is 0. The van der Waals surface area contributed by atoms with Gasteiger partial charge in [-0.3, -0.25) is 9.59 Å². The highest BCUT2D eigenvalue weighted by Crippen LogP contribution is 2.18. The van der Waals surface area contributed by atoms with E-state index in [0.717, 1.165) is 22.6 Å². The predicted molar refractivity (Wildman–Crippen MR) is 129 cm³/mol. The van der Waals surface area contributed by atoms with Crippen LogP contribution in [0.3, 0.4) is 0 Å². The van der Waals surface area contributed by atoms with Crippen LogP contribution in [0.1, 0.15) is 48.1 Å². The summed E-state index contributed by atoms with van der Waals surface area (Å²) in [5.41, 5.74) is 4.24. The second-order valence-electron chi connectivity index (χ2n) is 8.27. The van der Waals surface area contributed by atoms with Crippen LogP contribution in [0.5, 0.6) is 5.75 Å². The topological polar surface area (TPSA) is 85.2 Å². The van der Waals surface area contributed by atoms with Gasteiger partial charge in [0.15, 0.2) is 0 Å². The third-order valence-corrected chi connectivity index (χ3v) is 5.54. The molecule has 0 aliphatic carbocycles. The van der Waals surface area contributed by atoms with Gasteiger partial charge in [0, 0.05) is 23.4 Å². The molecule has 1 aromatic heterocycles. The quantitative estimate of drug-likeness (QED) is 0.519. The van der Waals surface area contributed by atoms with Crippen LogP contribution in [-0.2, 0) is 11.3 Å². The van der Waals surface area contributed by atoms with Crippen molar-refractivity contribution in [3.8, 4) is 11.4 Å². The first kappa shape index (κ1) is 24.0. The smallest absolute Gasteiger partial charge is 0.251 e. The second kappa shape index (κ2) is 10.8. The van der Waals surface area contributed by atoms with Gasteiger partial charge >= 0.3 is 0 Å². The van der Waals surface area contributed by atoms with Crippen LogP contribution in [0, 0.1) is 19.8 Å². The molecule has 0 aliphatic heterocycles. The predicted octanol–water partition coefficient (Wildman–Crippen LogP) is 3.96. The fourth-order valence-electron chi connectivity index (χ4n) is 3.67. The van der Waals surface area contributed by atoms with E-state index in [1.165, 1.54) is 0 Å². The summed E-state index contributed by atoms with van der Waals surface area (Å²) in [6.07, 6.45) is 0. The van der Waals surface area contributed by atoms with Gasteiger partial charge in [-0.15, -0.1) is 0 Å². The number of aromatic nitrogens is 2. The highest BCUT2D eigenvalue weighted by Gasteiger charge is 2.25. The molecule has 2 amide bonds. The van der Waals surface area contributed by atoms with E-state index in [4.69, 9.17) is 4.74 Å². The minimum atomic E-state index is -0.658. The first-order valence-corrected chi connectivity index (χ1v) is 11.2. The van der Waals surface area contributed by atoms with E-state index in [-0.39, 0.29) is 17.7 Å². The second-order valence-corrected chi connectivity index (χ2v) is 8.27. The molecule has 33 heavy (non-hydrogen) atoms. The Kier molecular flexibility index (Phi) is 7.87. The number of hydrogen-bond acceptors (Lipinski definition) is 4. The Balaban J connectivity index is 1.67. The zero-order valence-corrected chi connectivity index (χ0v) is 19.9. The van der Waals surface area contributed by atoms with Gasteiger partial charge in [0.2, 0.25) is 5.91 Å². The van der Waals surface area contributed by atoms with Crippen molar-refractivity contribution in [2.75, 3.05) is 6.61 Å². The van der Waals surface area contributed by atoms with Crippen molar-refractivity contribution in [1.29, 1.82) is 0 Å². The summed E-state index contributed by atoms with van der Waals surface area (Å²) in [4.78, 5) is 25.7. The maximum absolute atomic E-state index is 13.0. The molecule has 3 rings (SSSR count). The van der Waals surface area contributed by atoms with Gasteiger partial charge < -0.3 is 15.4 Å². The van der Waals surface area contributed by atoms with Crippen LogP contribution in [-0.4, -0.2) is 34.2 Å². The third-order valence-electron chi connectivity index (χ3n) is 5.54. The average molecular weight is 449 g/mol. The first-order chi connectivity index (χ1) is 15.8. The number of para-hydroxylation sites is 1. The lowest BCUT2D eigenvalue weighted by atomic mass is 10.0. The Bertz CT molecular complexity index is 1090. The van der Waals surface area contributed by atoms with Crippen LogP contribution >= 0.6 is 0 Å². The van der Waals surface area contributed by atoms with Crippen LogP contribution < -0.4 is 15.4 Å². The van der Waals surface area contributed by atoms with E-state index in [9.17, 15) is 9.59 Å². The summed E-state index contributed by atoms with van der Waals surface area (Å²) < 4.78 is 7.30. The van der Waals surface area contributed by atoms with Crippen molar-refractivity contribution in [3.63, 3.8) is 0 Å². The van der Waals surface area contributed by atoms with Crippen LogP contribution in [0.25, 0.3) is 5.69 Å². The van der Waals surface area contributed by atoms with E-state index >= 15 is 0 Å². The lowest BCUT2D eigenvalue weighted by Gasteiger charge is -2.22. The van der Waals surface area contributed by atoms with E-state index in [1.807, 2.05) is 69.6 Å². The zero-order chi connectivity index (χ0) is 24.0. The molecule has 0 bridgehead atoms. The third kappa shape index (κ3) is 5.80. The molecular weight excluding hydrogens is 416 g/mol. The molecule has 174 valence electrons. The summed E-state index contributed by atoms with van der Waals surface area (Å²) in [6.45, 7) is 10.5. The summed E-state index contributed by atoms with van der Waals surface area (Å²) in [7, 11) is 0.